The molecule has 0 spiro atoms. The van der Waals surface area contributed by atoms with E-state index in [0.29, 0.717) is 0 Å². The average Bonchev–Trinajstić information content (AvgIpc) is 2.51. The van der Waals surface area contributed by atoms with Crippen molar-refractivity contribution in [2.45, 2.75) is 60.1 Å². The highest BCUT2D eigenvalue weighted by molar-refractivity contribution is 6.31. The zero-order valence-corrected chi connectivity index (χ0v) is 15.4. The standard InChI is InChI=1S/C11H9F17OSi/c1-29-30-11(27,28)10(25,26)9(23,24)8(21,22)7(19,20)6(17,18)4(12,13)2-3-5(14,15)16/h2-3,30H2,1H3. The molecular formula is C11H9F17OSi. The summed E-state index contributed by atoms with van der Waals surface area (Å²) in [5.41, 5.74) is -6.27. The van der Waals surface area contributed by atoms with Crippen molar-refractivity contribution < 1.29 is 79.1 Å². The van der Waals surface area contributed by atoms with Crippen molar-refractivity contribution in [3.63, 3.8) is 0 Å². The van der Waals surface area contributed by atoms with Gasteiger partial charge in [0.15, 0.2) is 0 Å². The van der Waals surface area contributed by atoms with Crippen molar-refractivity contribution in [3.8, 4) is 0 Å². The predicted octanol–water partition coefficient (Wildman–Crippen LogP) is 5.46. The van der Waals surface area contributed by atoms with Gasteiger partial charge in [-0.05, 0) is 0 Å². The SMILES string of the molecule is CO[SiH2]C(F)(F)C(F)(F)C(F)(F)C(F)(F)C(F)(F)C(F)(F)C(F)(F)CCC(F)(F)F. The summed E-state index contributed by atoms with van der Waals surface area (Å²) in [5.74, 6) is -46.7. The summed E-state index contributed by atoms with van der Waals surface area (Å²) in [7, 11) is -4.03. The molecule has 0 amide bonds. The first-order chi connectivity index (χ1) is 12.8. The van der Waals surface area contributed by atoms with Gasteiger partial charge in [-0.3, -0.25) is 0 Å². The van der Waals surface area contributed by atoms with Gasteiger partial charge in [-0.1, -0.05) is 0 Å². The van der Waals surface area contributed by atoms with Gasteiger partial charge >= 0.3 is 47.3 Å². The number of hydrogen-bond acceptors (Lipinski definition) is 1. The smallest absolute Gasteiger partial charge is 0.389 e. The first kappa shape index (κ1) is 29.0. The van der Waals surface area contributed by atoms with E-state index >= 15 is 0 Å². The summed E-state index contributed by atoms with van der Waals surface area (Å²) in [4.78, 5) is 0. The van der Waals surface area contributed by atoms with Gasteiger partial charge in [0.1, 0.15) is 0 Å². The van der Waals surface area contributed by atoms with Crippen molar-refractivity contribution in [1.29, 1.82) is 0 Å². The summed E-state index contributed by atoms with van der Waals surface area (Å²) in [6.07, 6.45) is -12.1. The van der Waals surface area contributed by atoms with Gasteiger partial charge in [-0.25, -0.2) is 8.78 Å². The van der Waals surface area contributed by atoms with Crippen LogP contribution in [0.2, 0.25) is 0 Å². The monoisotopic (exact) mass is 508 g/mol. The second kappa shape index (κ2) is 7.84. The second-order valence-electron chi connectivity index (χ2n) is 5.83. The number of rotatable bonds is 10. The topological polar surface area (TPSA) is 9.23 Å². The van der Waals surface area contributed by atoms with Crippen LogP contribution in [0.3, 0.4) is 0 Å². The molecule has 0 unspecified atom stereocenters. The lowest BCUT2D eigenvalue weighted by Crippen LogP contribution is -2.73. The quantitative estimate of drug-likeness (QED) is 0.281. The highest BCUT2D eigenvalue weighted by atomic mass is 28.2. The van der Waals surface area contributed by atoms with Gasteiger partial charge in [0, 0.05) is 20.0 Å². The van der Waals surface area contributed by atoms with Gasteiger partial charge < -0.3 is 4.43 Å². The van der Waals surface area contributed by atoms with Gasteiger partial charge in [0.25, 0.3) is 0 Å². The molecule has 0 fully saturated rings. The Morgan fingerprint density at radius 1 is 0.500 bits per heavy atom. The molecule has 0 aliphatic heterocycles. The van der Waals surface area contributed by atoms with Crippen LogP contribution >= 0.6 is 0 Å². The van der Waals surface area contributed by atoms with E-state index in [1.807, 2.05) is 0 Å². The summed E-state index contributed by atoms with van der Waals surface area (Å²) >= 11 is 0. The average molecular weight is 508 g/mol. The minimum atomic E-state index is -8.29. The molecule has 0 aromatic rings. The first-order valence-corrected chi connectivity index (χ1v) is 8.25. The molecule has 0 bridgehead atoms. The Labute approximate surface area is 157 Å². The van der Waals surface area contributed by atoms with E-state index in [-0.39, 0.29) is 7.11 Å². The number of halogens is 17. The molecule has 0 saturated carbocycles. The van der Waals surface area contributed by atoms with Gasteiger partial charge in [0.05, 0.1) is 0 Å². The summed E-state index contributed by atoms with van der Waals surface area (Å²) in [5, 5.41) is 0. The molecule has 182 valence electrons. The van der Waals surface area contributed by atoms with Crippen LogP contribution in [0.25, 0.3) is 0 Å². The maximum atomic E-state index is 13.4. The lowest BCUT2D eigenvalue weighted by Gasteiger charge is -2.42. The van der Waals surface area contributed by atoms with E-state index in [9.17, 15) is 74.6 Å². The van der Waals surface area contributed by atoms with Crippen LogP contribution in [0.5, 0.6) is 0 Å². The normalized spacial score (nSPS) is 16.6. The van der Waals surface area contributed by atoms with E-state index in [2.05, 4.69) is 4.43 Å². The lowest BCUT2D eigenvalue weighted by atomic mass is 9.90. The molecule has 0 rings (SSSR count). The van der Waals surface area contributed by atoms with Crippen molar-refractivity contribution in [2.75, 3.05) is 7.11 Å². The molecule has 0 aliphatic carbocycles. The van der Waals surface area contributed by atoms with Gasteiger partial charge in [-0.15, -0.1) is 0 Å². The fraction of sp³-hybridized carbons (Fsp3) is 1.00. The Morgan fingerprint density at radius 2 is 0.833 bits per heavy atom. The Kier molecular flexibility index (Phi) is 7.58. The van der Waals surface area contributed by atoms with Gasteiger partial charge in [0.2, 0.25) is 9.76 Å². The fourth-order valence-corrected chi connectivity index (χ4v) is 2.54. The lowest BCUT2D eigenvalue weighted by molar-refractivity contribution is -0.437. The molecule has 0 atom stereocenters. The van der Waals surface area contributed by atoms with Gasteiger partial charge in [-0.2, -0.15) is 65.9 Å². The Bertz CT molecular complexity index is 595. The largest absolute Gasteiger partial charge is 0.420 e. The molecule has 19 heteroatoms. The number of hydrogen-bond donors (Lipinski definition) is 0. The summed E-state index contributed by atoms with van der Waals surface area (Å²) in [6.45, 7) is 0. The van der Waals surface area contributed by atoms with Crippen LogP contribution in [-0.2, 0) is 4.43 Å². The molecule has 0 heterocycles. The molecule has 0 radical (unpaired) electrons. The van der Waals surface area contributed by atoms with Crippen LogP contribution in [-0.4, -0.2) is 64.1 Å². The minimum absolute atomic E-state index is 0.191. The predicted molar refractivity (Wildman–Crippen MR) is 65.5 cm³/mol. The van der Waals surface area contributed by atoms with E-state index in [0.717, 1.165) is 0 Å². The highest BCUT2D eigenvalue weighted by Crippen LogP contribution is 2.62. The zero-order chi connectivity index (χ0) is 24.8. The third-order valence-corrected chi connectivity index (χ3v) is 4.64. The van der Waals surface area contributed by atoms with Crippen LogP contribution < -0.4 is 0 Å². The zero-order valence-electron chi connectivity index (χ0n) is 14.0. The Morgan fingerprint density at radius 3 is 1.17 bits per heavy atom. The van der Waals surface area contributed by atoms with Crippen molar-refractivity contribution in [2.24, 2.45) is 0 Å². The van der Waals surface area contributed by atoms with E-state index in [1.165, 1.54) is 0 Å². The molecule has 0 aliphatic rings. The van der Waals surface area contributed by atoms with Crippen LogP contribution in [0.4, 0.5) is 74.6 Å². The molecule has 30 heavy (non-hydrogen) atoms. The molecule has 0 N–H and O–H groups in total. The molecule has 0 aromatic heterocycles. The van der Waals surface area contributed by atoms with Crippen LogP contribution in [0.15, 0.2) is 0 Å². The van der Waals surface area contributed by atoms with Crippen LogP contribution in [0, 0.1) is 0 Å². The van der Waals surface area contributed by atoms with E-state index in [1.54, 1.807) is 0 Å². The van der Waals surface area contributed by atoms with Crippen molar-refractivity contribution in [3.05, 3.63) is 0 Å². The first-order valence-electron chi connectivity index (χ1n) is 6.97. The maximum Gasteiger partial charge on any atom is 0.389 e. The Hall–Kier alpha value is -1.01. The summed E-state index contributed by atoms with van der Waals surface area (Å²) in [6, 6.07) is 0. The van der Waals surface area contributed by atoms with E-state index < -0.39 is 69.9 Å². The number of alkyl halides is 17. The molecule has 1 nitrogen and oxygen atoms in total. The van der Waals surface area contributed by atoms with Crippen molar-refractivity contribution in [1.82, 2.24) is 0 Å². The Balaban J connectivity index is 6.39. The second-order valence-corrected chi connectivity index (χ2v) is 7.58. The highest BCUT2D eigenvalue weighted by Gasteiger charge is 2.92. The van der Waals surface area contributed by atoms with Crippen LogP contribution in [0.1, 0.15) is 12.8 Å². The fourth-order valence-electron chi connectivity index (χ4n) is 1.78. The molecule has 0 saturated heterocycles. The van der Waals surface area contributed by atoms with Crippen molar-refractivity contribution >= 4 is 9.76 Å². The van der Waals surface area contributed by atoms with E-state index in [4.69, 9.17) is 0 Å². The maximum absolute atomic E-state index is 13.4. The summed E-state index contributed by atoms with van der Waals surface area (Å²) < 4.78 is 225. The third-order valence-electron chi connectivity index (χ3n) is 3.54. The minimum Gasteiger partial charge on any atom is -0.420 e. The third kappa shape index (κ3) is 4.45. The molecular weight excluding hydrogens is 499 g/mol. The molecule has 0 aromatic carbocycles.